The lowest BCUT2D eigenvalue weighted by atomic mass is 9.97. The molecule has 0 saturated heterocycles. The minimum absolute atomic E-state index is 0.0156. The molecule has 2 heterocycles. The molecule has 1 aliphatic carbocycles. The monoisotopic (exact) mass is 437 g/mol. The van der Waals surface area contributed by atoms with Crippen molar-refractivity contribution in [2.75, 3.05) is 12.3 Å². The van der Waals surface area contributed by atoms with Crippen LogP contribution in [0.15, 0.2) is 40.3 Å². The summed E-state index contributed by atoms with van der Waals surface area (Å²) in [7, 11) is 0. The number of nitrogens with zero attached hydrogens (tertiary/aromatic N) is 2. The Bertz CT molecular complexity index is 1160. The van der Waals surface area contributed by atoms with Crippen molar-refractivity contribution in [1.29, 1.82) is 0 Å². The van der Waals surface area contributed by atoms with E-state index in [2.05, 4.69) is 23.4 Å². The Labute approximate surface area is 183 Å². The van der Waals surface area contributed by atoms with Crippen molar-refractivity contribution in [3.8, 4) is 12.3 Å². The standard InChI is InChI=1S/C23H23N3O2S2/c1-2-13-24-19(27)15-29-23-25-21-20(17-10-6-7-11-18(17)30-21)22(28)26(23)14-12-16-8-4-3-5-9-16/h1,3-5,8-9H,6-7,10-15H2,(H,24,27). The molecule has 0 aliphatic heterocycles. The van der Waals surface area contributed by atoms with Gasteiger partial charge in [0, 0.05) is 11.4 Å². The number of thiophene rings is 1. The van der Waals surface area contributed by atoms with Crippen molar-refractivity contribution < 1.29 is 4.79 Å². The average Bonchev–Trinajstić information content (AvgIpc) is 3.15. The Morgan fingerprint density at radius 2 is 2.07 bits per heavy atom. The van der Waals surface area contributed by atoms with Crippen molar-refractivity contribution in [2.45, 2.75) is 43.8 Å². The van der Waals surface area contributed by atoms with Gasteiger partial charge in [0.2, 0.25) is 5.91 Å². The Hall–Kier alpha value is -2.56. The first-order valence-corrected chi connectivity index (χ1v) is 11.9. The van der Waals surface area contributed by atoms with Crippen molar-refractivity contribution in [3.05, 3.63) is 56.7 Å². The van der Waals surface area contributed by atoms with Crippen LogP contribution < -0.4 is 10.9 Å². The minimum Gasteiger partial charge on any atom is -0.344 e. The predicted octanol–water partition coefficient (Wildman–Crippen LogP) is 3.42. The highest BCUT2D eigenvalue weighted by Crippen LogP contribution is 2.34. The second-order valence-electron chi connectivity index (χ2n) is 7.25. The number of benzene rings is 1. The van der Waals surface area contributed by atoms with E-state index in [0.717, 1.165) is 35.9 Å². The lowest BCUT2D eigenvalue weighted by Crippen LogP contribution is -2.27. The third kappa shape index (κ3) is 4.45. The SMILES string of the molecule is C#CCNC(=O)CSc1nc2sc3c(c2c(=O)n1CCc1ccccc1)CCCC3. The maximum absolute atomic E-state index is 13.5. The smallest absolute Gasteiger partial charge is 0.263 e. The van der Waals surface area contributed by atoms with E-state index in [1.807, 2.05) is 18.2 Å². The van der Waals surface area contributed by atoms with Gasteiger partial charge in [0.15, 0.2) is 5.16 Å². The second kappa shape index (κ2) is 9.50. The Morgan fingerprint density at radius 1 is 1.27 bits per heavy atom. The van der Waals surface area contributed by atoms with Crippen LogP contribution in [0.3, 0.4) is 0 Å². The first kappa shape index (κ1) is 20.7. The number of hydrogen-bond acceptors (Lipinski definition) is 5. The zero-order valence-electron chi connectivity index (χ0n) is 16.6. The molecule has 4 rings (SSSR count). The van der Waals surface area contributed by atoms with Crippen molar-refractivity contribution >= 4 is 39.2 Å². The largest absolute Gasteiger partial charge is 0.344 e. The van der Waals surface area contributed by atoms with Crippen LogP contribution in [0.25, 0.3) is 10.2 Å². The molecule has 1 N–H and O–H groups in total. The molecule has 0 spiro atoms. The van der Waals surface area contributed by atoms with Crippen molar-refractivity contribution in [2.24, 2.45) is 0 Å². The number of aryl methyl sites for hydroxylation is 3. The second-order valence-corrected chi connectivity index (χ2v) is 9.27. The molecule has 30 heavy (non-hydrogen) atoms. The summed E-state index contributed by atoms with van der Waals surface area (Å²) >= 11 is 2.93. The summed E-state index contributed by atoms with van der Waals surface area (Å²) in [6.45, 7) is 0.731. The summed E-state index contributed by atoms with van der Waals surface area (Å²) in [5, 5.41) is 4.04. The van der Waals surface area contributed by atoms with Gasteiger partial charge in [0.05, 0.1) is 17.7 Å². The van der Waals surface area contributed by atoms with Gasteiger partial charge in [-0.2, -0.15) is 0 Å². The van der Waals surface area contributed by atoms with Crippen molar-refractivity contribution in [1.82, 2.24) is 14.9 Å². The Kier molecular flexibility index (Phi) is 6.56. The third-order valence-corrected chi connectivity index (χ3v) is 7.39. The maximum Gasteiger partial charge on any atom is 0.263 e. The summed E-state index contributed by atoms with van der Waals surface area (Å²) < 4.78 is 1.75. The molecule has 7 heteroatoms. The first-order valence-electron chi connectivity index (χ1n) is 10.1. The number of nitrogens with one attached hydrogen (secondary N) is 1. The van der Waals surface area contributed by atoms with E-state index in [9.17, 15) is 9.59 Å². The fourth-order valence-electron chi connectivity index (χ4n) is 3.74. The minimum atomic E-state index is -0.160. The average molecular weight is 438 g/mol. The fourth-order valence-corrected chi connectivity index (χ4v) is 5.90. The van der Waals surface area contributed by atoms with Gasteiger partial charge in [-0.15, -0.1) is 17.8 Å². The summed E-state index contributed by atoms with van der Waals surface area (Å²) in [6.07, 6.45) is 10.2. The predicted molar refractivity (Wildman–Crippen MR) is 123 cm³/mol. The van der Waals surface area contributed by atoms with Crippen LogP contribution >= 0.6 is 23.1 Å². The number of amides is 1. The van der Waals surface area contributed by atoms with Crippen LogP contribution in [0.4, 0.5) is 0 Å². The number of hydrogen-bond donors (Lipinski definition) is 1. The van der Waals surface area contributed by atoms with Crippen LogP contribution in [-0.4, -0.2) is 27.8 Å². The molecular weight excluding hydrogens is 414 g/mol. The summed E-state index contributed by atoms with van der Waals surface area (Å²) in [5.41, 5.74) is 2.37. The molecule has 5 nitrogen and oxygen atoms in total. The normalized spacial score (nSPS) is 13.0. The van der Waals surface area contributed by atoms with E-state index in [0.29, 0.717) is 11.7 Å². The molecule has 0 bridgehead atoms. The van der Waals surface area contributed by atoms with E-state index in [4.69, 9.17) is 11.4 Å². The quantitative estimate of drug-likeness (QED) is 0.349. The molecule has 154 valence electrons. The van der Waals surface area contributed by atoms with Crippen LogP contribution in [0, 0.1) is 12.3 Å². The highest BCUT2D eigenvalue weighted by molar-refractivity contribution is 7.99. The van der Waals surface area contributed by atoms with Gasteiger partial charge in [-0.05, 0) is 43.2 Å². The molecule has 2 aromatic heterocycles. The zero-order chi connectivity index (χ0) is 20.9. The molecule has 1 amide bonds. The topological polar surface area (TPSA) is 64.0 Å². The molecule has 1 aliphatic rings. The number of thioether (sulfide) groups is 1. The summed E-state index contributed by atoms with van der Waals surface area (Å²) in [4.78, 5) is 32.5. The van der Waals surface area contributed by atoms with Crippen molar-refractivity contribution in [3.63, 3.8) is 0 Å². The number of carbonyl (C=O) groups excluding carboxylic acids is 1. The first-order chi connectivity index (χ1) is 14.7. The van der Waals surface area contributed by atoms with Gasteiger partial charge in [-0.25, -0.2) is 4.98 Å². The van der Waals surface area contributed by atoms with Crippen LogP contribution in [0.2, 0.25) is 0 Å². The van der Waals surface area contributed by atoms with Crippen LogP contribution in [0.5, 0.6) is 0 Å². The molecule has 0 atom stereocenters. The summed E-state index contributed by atoms with van der Waals surface area (Å²) in [5.74, 6) is 2.41. The molecule has 1 aromatic carbocycles. The van der Waals surface area contributed by atoms with Gasteiger partial charge in [-0.3, -0.25) is 14.2 Å². The Balaban J connectivity index is 1.68. The molecule has 3 aromatic rings. The lowest BCUT2D eigenvalue weighted by molar-refractivity contribution is -0.118. The lowest BCUT2D eigenvalue weighted by Gasteiger charge is -2.13. The van der Waals surface area contributed by atoms with Crippen LogP contribution in [-0.2, 0) is 30.6 Å². The molecule has 0 fully saturated rings. The van der Waals surface area contributed by atoms with Gasteiger partial charge < -0.3 is 5.32 Å². The molecule has 0 radical (unpaired) electrons. The van der Waals surface area contributed by atoms with E-state index < -0.39 is 0 Å². The molecule has 0 saturated carbocycles. The molecule has 0 unspecified atom stereocenters. The number of carbonyl (C=O) groups is 1. The van der Waals surface area contributed by atoms with Gasteiger partial charge in [0.25, 0.3) is 5.56 Å². The number of terminal acetylenes is 1. The summed E-state index contributed by atoms with van der Waals surface area (Å²) in [6, 6.07) is 10.1. The van der Waals surface area contributed by atoms with E-state index >= 15 is 0 Å². The third-order valence-electron chi connectivity index (χ3n) is 5.23. The molecular formula is C23H23N3O2S2. The number of fused-ring (bicyclic) bond motifs is 3. The zero-order valence-corrected chi connectivity index (χ0v) is 18.3. The number of rotatable bonds is 7. The maximum atomic E-state index is 13.5. The van der Waals surface area contributed by atoms with E-state index in [1.165, 1.54) is 34.2 Å². The van der Waals surface area contributed by atoms with E-state index in [-0.39, 0.29) is 23.8 Å². The van der Waals surface area contributed by atoms with Gasteiger partial charge >= 0.3 is 0 Å². The van der Waals surface area contributed by atoms with E-state index in [1.54, 1.807) is 15.9 Å². The van der Waals surface area contributed by atoms with Gasteiger partial charge in [0.1, 0.15) is 4.83 Å². The Morgan fingerprint density at radius 3 is 2.87 bits per heavy atom. The fraction of sp³-hybridized carbons (Fsp3) is 0.348. The number of aromatic nitrogens is 2. The van der Waals surface area contributed by atoms with Crippen LogP contribution in [0.1, 0.15) is 28.8 Å². The highest BCUT2D eigenvalue weighted by Gasteiger charge is 2.22. The highest BCUT2D eigenvalue weighted by atomic mass is 32.2. The van der Waals surface area contributed by atoms with Gasteiger partial charge in [-0.1, -0.05) is 48.0 Å².